The molecule has 0 amide bonds. The van der Waals surface area contributed by atoms with Crippen molar-refractivity contribution in [2.24, 2.45) is 11.8 Å². The summed E-state index contributed by atoms with van der Waals surface area (Å²) in [6.45, 7) is 7.98. The standard InChI is InChI=1S/C15H24N2O2S/c1-9-5-6-11(10(2)7-9)16-14-17-12(8-20-14)15(3,4)13(18)19/h8-11H,5-7H2,1-4H3,(H,16,17)(H,18,19). The van der Waals surface area contributed by atoms with Gasteiger partial charge in [-0.25, -0.2) is 4.98 Å². The van der Waals surface area contributed by atoms with E-state index < -0.39 is 11.4 Å². The Morgan fingerprint density at radius 3 is 2.75 bits per heavy atom. The van der Waals surface area contributed by atoms with Gasteiger partial charge in [0.15, 0.2) is 5.13 Å². The average Bonchev–Trinajstić information content (AvgIpc) is 2.81. The first kappa shape index (κ1) is 15.3. The number of carboxylic acids is 1. The van der Waals surface area contributed by atoms with Crippen LogP contribution in [0.3, 0.4) is 0 Å². The van der Waals surface area contributed by atoms with E-state index in [9.17, 15) is 9.90 Å². The smallest absolute Gasteiger partial charge is 0.315 e. The summed E-state index contributed by atoms with van der Waals surface area (Å²) in [7, 11) is 0. The molecule has 1 aromatic heterocycles. The first-order valence-corrected chi connectivity index (χ1v) is 8.14. The highest BCUT2D eigenvalue weighted by Gasteiger charge is 2.33. The molecular formula is C15H24N2O2S. The summed E-state index contributed by atoms with van der Waals surface area (Å²) in [6.07, 6.45) is 3.66. The molecule has 112 valence electrons. The molecule has 20 heavy (non-hydrogen) atoms. The van der Waals surface area contributed by atoms with E-state index in [1.165, 1.54) is 30.6 Å². The van der Waals surface area contributed by atoms with E-state index >= 15 is 0 Å². The fraction of sp³-hybridized carbons (Fsp3) is 0.733. The molecule has 3 atom stereocenters. The fourth-order valence-corrected chi connectivity index (χ4v) is 3.72. The minimum absolute atomic E-state index is 0.457. The van der Waals surface area contributed by atoms with E-state index in [0.29, 0.717) is 17.7 Å². The second-order valence-corrected chi connectivity index (χ2v) is 7.47. The number of carboxylic acid groups (broad SMARTS) is 1. The topological polar surface area (TPSA) is 62.2 Å². The molecule has 1 aromatic rings. The van der Waals surface area contributed by atoms with Crippen LogP contribution in [0.15, 0.2) is 5.38 Å². The Hall–Kier alpha value is -1.10. The van der Waals surface area contributed by atoms with Crippen molar-refractivity contribution >= 4 is 22.4 Å². The van der Waals surface area contributed by atoms with E-state index in [0.717, 1.165) is 11.0 Å². The maximum Gasteiger partial charge on any atom is 0.315 e. The van der Waals surface area contributed by atoms with Gasteiger partial charge in [0.25, 0.3) is 0 Å². The van der Waals surface area contributed by atoms with E-state index in [1.807, 2.05) is 5.38 Å². The van der Waals surface area contributed by atoms with Crippen LogP contribution in [-0.4, -0.2) is 22.1 Å². The van der Waals surface area contributed by atoms with Crippen molar-refractivity contribution in [1.82, 2.24) is 4.98 Å². The SMILES string of the molecule is CC1CCC(Nc2nc(C(C)(C)C(=O)O)cs2)C(C)C1. The number of rotatable bonds is 4. The van der Waals surface area contributed by atoms with Crippen LogP contribution < -0.4 is 5.32 Å². The monoisotopic (exact) mass is 296 g/mol. The van der Waals surface area contributed by atoms with Gasteiger partial charge in [0.1, 0.15) is 5.41 Å². The third-order valence-electron chi connectivity index (χ3n) is 4.42. The van der Waals surface area contributed by atoms with Crippen molar-refractivity contribution in [3.63, 3.8) is 0 Å². The lowest BCUT2D eigenvalue weighted by molar-refractivity contribution is -0.142. The minimum Gasteiger partial charge on any atom is -0.481 e. The summed E-state index contributed by atoms with van der Waals surface area (Å²) in [5.74, 6) is 0.605. The third kappa shape index (κ3) is 3.14. The van der Waals surface area contributed by atoms with Gasteiger partial charge in [-0.05, 0) is 44.9 Å². The van der Waals surface area contributed by atoms with Gasteiger partial charge >= 0.3 is 5.97 Å². The van der Waals surface area contributed by atoms with Gasteiger partial charge in [-0.15, -0.1) is 11.3 Å². The molecule has 1 saturated carbocycles. The molecule has 2 N–H and O–H groups in total. The minimum atomic E-state index is -0.927. The number of hydrogen-bond acceptors (Lipinski definition) is 4. The zero-order valence-electron chi connectivity index (χ0n) is 12.6. The van der Waals surface area contributed by atoms with Gasteiger partial charge in [0, 0.05) is 11.4 Å². The van der Waals surface area contributed by atoms with Gasteiger partial charge in [-0.3, -0.25) is 4.79 Å². The molecule has 1 fully saturated rings. The number of aromatic nitrogens is 1. The zero-order chi connectivity index (χ0) is 14.9. The van der Waals surface area contributed by atoms with Crippen LogP contribution >= 0.6 is 11.3 Å². The molecule has 0 aliphatic heterocycles. The van der Waals surface area contributed by atoms with Gasteiger partial charge in [-0.1, -0.05) is 13.8 Å². The molecule has 3 unspecified atom stereocenters. The third-order valence-corrected chi connectivity index (χ3v) is 5.19. The van der Waals surface area contributed by atoms with Crippen LogP contribution in [0.4, 0.5) is 5.13 Å². The van der Waals surface area contributed by atoms with E-state index in [4.69, 9.17) is 0 Å². The molecule has 0 saturated heterocycles. The number of nitrogens with zero attached hydrogens (tertiary/aromatic N) is 1. The van der Waals surface area contributed by atoms with Crippen LogP contribution in [0, 0.1) is 11.8 Å². The Morgan fingerprint density at radius 2 is 2.15 bits per heavy atom. The number of aliphatic carboxylic acids is 1. The molecule has 0 bridgehead atoms. The van der Waals surface area contributed by atoms with Crippen molar-refractivity contribution < 1.29 is 9.90 Å². The number of thiazole rings is 1. The summed E-state index contributed by atoms with van der Waals surface area (Å²) in [5, 5.41) is 15.4. The lowest BCUT2D eigenvalue weighted by atomic mass is 9.80. The number of anilines is 1. The van der Waals surface area contributed by atoms with Gasteiger partial charge in [-0.2, -0.15) is 0 Å². The van der Waals surface area contributed by atoms with Gasteiger partial charge < -0.3 is 10.4 Å². The Labute approximate surface area is 124 Å². The molecule has 2 rings (SSSR count). The average molecular weight is 296 g/mol. The molecule has 1 aliphatic carbocycles. The van der Waals surface area contributed by atoms with Crippen LogP contribution in [0.2, 0.25) is 0 Å². The summed E-state index contributed by atoms with van der Waals surface area (Å²) < 4.78 is 0. The first-order chi connectivity index (χ1) is 9.30. The van der Waals surface area contributed by atoms with Crippen molar-refractivity contribution in [3.8, 4) is 0 Å². The fourth-order valence-electron chi connectivity index (χ4n) is 2.78. The summed E-state index contributed by atoms with van der Waals surface area (Å²) >= 11 is 1.50. The molecule has 4 nitrogen and oxygen atoms in total. The Kier molecular flexibility index (Phi) is 4.37. The molecule has 0 radical (unpaired) electrons. The van der Waals surface area contributed by atoms with Crippen LogP contribution in [0.25, 0.3) is 0 Å². The van der Waals surface area contributed by atoms with Crippen LogP contribution in [-0.2, 0) is 10.2 Å². The highest BCUT2D eigenvalue weighted by molar-refractivity contribution is 7.13. The molecule has 5 heteroatoms. The molecule has 0 spiro atoms. The maximum atomic E-state index is 11.3. The van der Waals surface area contributed by atoms with E-state index in [2.05, 4.69) is 24.1 Å². The molecule has 0 aromatic carbocycles. The van der Waals surface area contributed by atoms with Crippen molar-refractivity contribution in [3.05, 3.63) is 11.1 Å². The molecule has 1 aliphatic rings. The normalized spacial score (nSPS) is 27.3. The second kappa shape index (κ2) is 5.72. The van der Waals surface area contributed by atoms with Gasteiger partial charge in [0.05, 0.1) is 5.69 Å². The number of nitrogens with one attached hydrogen (secondary N) is 1. The Balaban J connectivity index is 2.05. The predicted octanol–water partition coefficient (Wildman–Crippen LogP) is 3.74. The first-order valence-electron chi connectivity index (χ1n) is 7.26. The van der Waals surface area contributed by atoms with E-state index in [-0.39, 0.29) is 0 Å². The lowest BCUT2D eigenvalue weighted by Crippen LogP contribution is -2.33. The summed E-state index contributed by atoms with van der Waals surface area (Å²) in [4.78, 5) is 15.7. The Bertz CT molecular complexity index is 484. The molecular weight excluding hydrogens is 272 g/mol. The van der Waals surface area contributed by atoms with Crippen LogP contribution in [0.1, 0.15) is 52.7 Å². The quantitative estimate of drug-likeness (QED) is 0.888. The Morgan fingerprint density at radius 1 is 1.45 bits per heavy atom. The van der Waals surface area contributed by atoms with Crippen molar-refractivity contribution in [2.75, 3.05) is 5.32 Å². The van der Waals surface area contributed by atoms with E-state index in [1.54, 1.807) is 13.8 Å². The van der Waals surface area contributed by atoms with Crippen molar-refractivity contribution in [2.45, 2.75) is 58.4 Å². The lowest BCUT2D eigenvalue weighted by Gasteiger charge is -2.33. The van der Waals surface area contributed by atoms with Crippen molar-refractivity contribution in [1.29, 1.82) is 0 Å². The van der Waals surface area contributed by atoms with Crippen LogP contribution in [0.5, 0.6) is 0 Å². The zero-order valence-corrected chi connectivity index (χ0v) is 13.5. The second-order valence-electron chi connectivity index (χ2n) is 6.61. The largest absolute Gasteiger partial charge is 0.481 e. The predicted molar refractivity (Wildman–Crippen MR) is 82.4 cm³/mol. The summed E-state index contributed by atoms with van der Waals surface area (Å²) in [5.41, 5.74) is -0.294. The number of hydrogen-bond donors (Lipinski definition) is 2. The summed E-state index contributed by atoms with van der Waals surface area (Å²) in [6, 6.07) is 0.457. The maximum absolute atomic E-state index is 11.3. The highest BCUT2D eigenvalue weighted by Crippen LogP contribution is 2.33. The molecule has 1 heterocycles. The van der Waals surface area contributed by atoms with Gasteiger partial charge in [0.2, 0.25) is 0 Å². The highest BCUT2D eigenvalue weighted by atomic mass is 32.1. The number of carbonyl (C=O) groups is 1.